The standard InChI is InChI=1S/C29H27Br2N5O4/c1-39-28(37)16-15-25(29(38)40-2)36(17-19-7-3-9-21(32-19)23-11-5-13-26(30)34-23)18-20-8-4-10-22(33-20)24-12-6-14-27(31)35-24/h3-14,25H,15-18H2,1-2H3. The molecular weight excluding hydrogens is 642 g/mol. The number of methoxy groups -OCH3 is 2. The first kappa shape index (κ1) is 29.4. The van der Waals surface area contributed by atoms with Crippen molar-refractivity contribution in [3.63, 3.8) is 0 Å². The van der Waals surface area contributed by atoms with Crippen molar-refractivity contribution in [2.24, 2.45) is 0 Å². The zero-order valence-corrected chi connectivity index (χ0v) is 25.1. The SMILES string of the molecule is COC(=O)CCC(C(=O)OC)N(Cc1cccc(-c2cccc(Br)n2)n1)Cc1cccc(-c2cccc(Br)n2)n1. The smallest absolute Gasteiger partial charge is 0.323 e. The largest absolute Gasteiger partial charge is 0.469 e. The van der Waals surface area contributed by atoms with Crippen molar-refractivity contribution in [3.05, 3.63) is 93.4 Å². The second-order valence-electron chi connectivity index (χ2n) is 8.78. The summed E-state index contributed by atoms with van der Waals surface area (Å²) < 4.78 is 11.4. The maximum absolute atomic E-state index is 13.0. The normalized spacial score (nSPS) is 11.7. The highest BCUT2D eigenvalue weighted by molar-refractivity contribution is 9.10. The molecule has 0 saturated carbocycles. The van der Waals surface area contributed by atoms with Crippen LogP contribution in [0.15, 0.2) is 82.0 Å². The minimum Gasteiger partial charge on any atom is -0.469 e. The van der Waals surface area contributed by atoms with Crippen LogP contribution in [-0.4, -0.2) is 57.0 Å². The molecule has 0 spiro atoms. The molecule has 9 nitrogen and oxygen atoms in total. The number of nitrogens with zero attached hydrogens (tertiary/aromatic N) is 5. The van der Waals surface area contributed by atoms with E-state index in [-0.39, 0.29) is 12.8 Å². The van der Waals surface area contributed by atoms with Gasteiger partial charge in [0.1, 0.15) is 15.2 Å². The molecule has 4 rings (SSSR count). The quantitative estimate of drug-likeness (QED) is 0.149. The highest BCUT2D eigenvalue weighted by Crippen LogP contribution is 2.22. The summed E-state index contributed by atoms with van der Waals surface area (Å²) in [4.78, 5) is 45.5. The molecule has 1 atom stereocenters. The number of pyridine rings is 4. The third-order valence-corrected chi connectivity index (χ3v) is 6.95. The Bertz CT molecular complexity index is 1400. The van der Waals surface area contributed by atoms with Crippen LogP contribution in [0.3, 0.4) is 0 Å². The molecule has 0 bridgehead atoms. The van der Waals surface area contributed by atoms with E-state index in [0.717, 1.165) is 11.4 Å². The molecule has 0 fully saturated rings. The van der Waals surface area contributed by atoms with Crippen LogP contribution >= 0.6 is 31.9 Å². The third-order valence-electron chi connectivity index (χ3n) is 6.06. The number of rotatable bonds is 11. The zero-order chi connectivity index (χ0) is 28.5. The summed E-state index contributed by atoms with van der Waals surface area (Å²) >= 11 is 6.82. The molecule has 0 aliphatic rings. The summed E-state index contributed by atoms with van der Waals surface area (Å²) in [7, 11) is 2.66. The van der Waals surface area contributed by atoms with Gasteiger partial charge in [0.25, 0.3) is 0 Å². The average Bonchev–Trinajstić information content (AvgIpc) is 2.97. The average molecular weight is 669 g/mol. The first-order valence-corrected chi connectivity index (χ1v) is 14.0. The topological polar surface area (TPSA) is 107 Å². The van der Waals surface area contributed by atoms with Gasteiger partial charge in [0, 0.05) is 19.5 Å². The fourth-order valence-corrected chi connectivity index (χ4v) is 4.84. The Morgan fingerprint density at radius 3 is 1.57 bits per heavy atom. The third kappa shape index (κ3) is 8.00. The maximum atomic E-state index is 13.0. The van der Waals surface area contributed by atoms with E-state index in [0.29, 0.717) is 45.1 Å². The second-order valence-corrected chi connectivity index (χ2v) is 10.4. The van der Waals surface area contributed by atoms with Gasteiger partial charge in [-0.05, 0) is 86.8 Å². The molecule has 0 N–H and O–H groups in total. The van der Waals surface area contributed by atoms with Crippen molar-refractivity contribution in [1.82, 2.24) is 24.8 Å². The van der Waals surface area contributed by atoms with Crippen LogP contribution in [0.1, 0.15) is 24.2 Å². The number of aromatic nitrogens is 4. The Kier molecular flexibility index (Phi) is 10.5. The molecular formula is C29H27Br2N5O4. The van der Waals surface area contributed by atoms with E-state index in [9.17, 15) is 9.59 Å². The van der Waals surface area contributed by atoms with Crippen molar-refractivity contribution in [2.45, 2.75) is 32.0 Å². The Morgan fingerprint density at radius 2 is 1.15 bits per heavy atom. The van der Waals surface area contributed by atoms with E-state index >= 15 is 0 Å². The van der Waals surface area contributed by atoms with Gasteiger partial charge in [-0.15, -0.1) is 0 Å². The molecule has 40 heavy (non-hydrogen) atoms. The lowest BCUT2D eigenvalue weighted by atomic mass is 10.1. The monoisotopic (exact) mass is 667 g/mol. The molecule has 0 amide bonds. The van der Waals surface area contributed by atoms with E-state index in [1.54, 1.807) is 0 Å². The molecule has 4 aromatic rings. The number of ether oxygens (including phenoxy) is 2. The molecule has 0 aliphatic carbocycles. The molecule has 4 heterocycles. The van der Waals surface area contributed by atoms with Crippen molar-refractivity contribution >= 4 is 43.8 Å². The summed E-state index contributed by atoms with van der Waals surface area (Å²) in [6, 6.07) is 21.9. The van der Waals surface area contributed by atoms with E-state index < -0.39 is 18.0 Å². The molecule has 0 aromatic carbocycles. The molecule has 4 aromatic heterocycles. The number of hydrogen-bond donors (Lipinski definition) is 0. The van der Waals surface area contributed by atoms with Crippen LogP contribution in [0.25, 0.3) is 22.8 Å². The summed E-state index contributed by atoms with van der Waals surface area (Å²) in [6.07, 6.45) is 0.261. The van der Waals surface area contributed by atoms with Gasteiger partial charge >= 0.3 is 11.9 Å². The van der Waals surface area contributed by atoms with Crippen LogP contribution in [0.2, 0.25) is 0 Å². The molecule has 0 radical (unpaired) electrons. The first-order chi connectivity index (χ1) is 19.4. The summed E-state index contributed by atoms with van der Waals surface area (Å²) in [5, 5.41) is 0. The molecule has 206 valence electrons. The minimum atomic E-state index is -0.743. The number of carbonyl (C=O) groups excluding carboxylic acids is 2. The van der Waals surface area contributed by atoms with Gasteiger partial charge in [-0.25, -0.2) is 19.9 Å². The summed E-state index contributed by atoms with van der Waals surface area (Å²) in [5.41, 5.74) is 4.27. The lowest BCUT2D eigenvalue weighted by Gasteiger charge is -2.29. The predicted molar refractivity (Wildman–Crippen MR) is 157 cm³/mol. The van der Waals surface area contributed by atoms with Gasteiger partial charge in [0.15, 0.2) is 0 Å². The molecule has 11 heteroatoms. The van der Waals surface area contributed by atoms with E-state index in [1.807, 2.05) is 77.7 Å². The lowest BCUT2D eigenvalue weighted by Crippen LogP contribution is -2.42. The molecule has 0 saturated heterocycles. The predicted octanol–water partition coefficient (Wildman–Crippen LogP) is 5.62. The van der Waals surface area contributed by atoms with Gasteiger partial charge in [0.05, 0.1) is 48.4 Å². The van der Waals surface area contributed by atoms with Crippen molar-refractivity contribution in [2.75, 3.05) is 14.2 Å². The Labute approximate surface area is 249 Å². The van der Waals surface area contributed by atoms with Gasteiger partial charge in [-0.3, -0.25) is 14.5 Å². The van der Waals surface area contributed by atoms with Gasteiger partial charge in [-0.2, -0.15) is 0 Å². The maximum Gasteiger partial charge on any atom is 0.323 e. The molecule has 0 aliphatic heterocycles. The van der Waals surface area contributed by atoms with E-state index in [4.69, 9.17) is 19.4 Å². The Hall–Kier alpha value is -3.54. The fraction of sp³-hybridized carbons (Fsp3) is 0.241. The zero-order valence-electron chi connectivity index (χ0n) is 22.0. The second kappa shape index (κ2) is 14.2. The van der Waals surface area contributed by atoms with Crippen LogP contribution in [0.4, 0.5) is 0 Å². The van der Waals surface area contributed by atoms with Gasteiger partial charge in [0.2, 0.25) is 0 Å². The highest BCUT2D eigenvalue weighted by Gasteiger charge is 2.29. The van der Waals surface area contributed by atoms with Gasteiger partial charge < -0.3 is 9.47 Å². The number of halogens is 2. The van der Waals surface area contributed by atoms with E-state index in [1.165, 1.54) is 14.2 Å². The van der Waals surface area contributed by atoms with Crippen LogP contribution in [0.5, 0.6) is 0 Å². The Balaban J connectivity index is 1.68. The van der Waals surface area contributed by atoms with Crippen LogP contribution in [-0.2, 0) is 32.2 Å². The minimum absolute atomic E-state index is 0.0532. The summed E-state index contributed by atoms with van der Waals surface area (Å²) in [5.74, 6) is -0.867. The highest BCUT2D eigenvalue weighted by atomic mass is 79.9. The fourth-order valence-electron chi connectivity index (χ4n) is 4.16. The lowest BCUT2D eigenvalue weighted by molar-refractivity contribution is -0.149. The van der Waals surface area contributed by atoms with Crippen molar-refractivity contribution in [3.8, 4) is 22.8 Å². The van der Waals surface area contributed by atoms with E-state index in [2.05, 4.69) is 41.8 Å². The Morgan fingerprint density at radius 1 is 0.700 bits per heavy atom. The summed E-state index contributed by atoms with van der Waals surface area (Å²) in [6.45, 7) is 0.591. The number of esters is 2. The first-order valence-electron chi connectivity index (χ1n) is 12.4. The van der Waals surface area contributed by atoms with Crippen LogP contribution in [0, 0.1) is 0 Å². The number of hydrogen-bond acceptors (Lipinski definition) is 9. The van der Waals surface area contributed by atoms with Crippen LogP contribution < -0.4 is 0 Å². The van der Waals surface area contributed by atoms with Gasteiger partial charge in [-0.1, -0.05) is 24.3 Å². The van der Waals surface area contributed by atoms with Crippen molar-refractivity contribution < 1.29 is 19.1 Å². The number of carbonyl (C=O) groups is 2. The molecule has 1 unspecified atom stereocenters. The van der Waals surface area contributed by atoms with Crippen molar-refractivity contribution in [1.29, 1.82) is 0 Å².